The zero-order valence-corrected chi connectivity index (χ0v) is 7.69. The summed E-state index contributed by atoms with van der Waals surface area (Å²) in [6.45, 7) is 2.81. The van der Waals surface area contributed by atoms with Crippen molar-refractivity contribution in [3.05, 3.63) is 11.8 Å². The Balaban J connectivity index is 1.94. The lowest BCUT2D eigenvalue weighted by Gasteiger charge is -2.40. The van der Waals surface area contributed by atoms with E-state index in [-0.39, 0.29) is 11.3 Å². The summed E-state index contributed by atoms with van der Waals surface area (Å²) in [6, 6.07) is 0. The molecule has 0 atom stereocenters. The minimum Gasteiger partial charge on any atom is -0.379 e. The van der Waals surface area contributed by atoms with Crippen LogP contribution in [-0.2, 0) is 9.53 Å². The van der Waals surface area contributed by atoms with Gasteiger partial charge in [0, 0.05) is 19.3 Å². The van der Waals surface area contributed by atoms with E-state index in [2.05, 4.69) is 10.4 Å². The minimum atomic E-state index is -0.154. The third-order valence-electron chi connectivity index (χ3n) is 2.80. The molecule has 0 aromatic heterocycles. The van der Waals surface area contributed by atoms with Gasteiger partial charge in [-0.1, -0.05) is 0 Å². The molecular weight excluding hydrogens is 182 g/mol. The zero-order chi connectivity index (χ0) is 9.60. The molecule has 0 aromatic carbocycles. The van der Waals surface area contributed by atoms with Crippen molar-refractivity contribution in [1.29, 1.82) is 0 Å². The van der Waals surface area contributed by atoms with Crippen LogP contribution >= 0.6 is 0 Å². The summed E-state index contributed by atoms with van der Waals surface area (Å²) in [5.74, 6) is -0.154. The first-order valence-electron chi connectivity index (χ1n) is 4.68. The molecule has 3 heterocycles. The fourth-order valence-electron chi connectivity index (χ4n) is 1.94. The molecule has 0 unspecified atom stereocenters. The zero-order valence-electron chi connectivity index (χ0n) is 7.69. The molecule has 0 aliphatic carbocycles. The van der Waals surface area contributed by atoms with Gasteiger partial charge >= 0.3 is 0 Å². The van der Waals surface area contributed by atoms with Crippen molar-refractivity contribution in [3.8, 4) is 0 Å². The molecule has 3 aliphatic rings. The lowest BCUT2D eigenvalue weighted by atomic mass is 9.87. The van der Waals surface area contributed by atoms with Gasteiger partial charge < -0.3 is 9.75 Å². The maximum absolute atomic E-state index is 11.5. The molecule has 0 bridgehead atoms. The molecule has 74 valence electrons. The van der Waals surface area contributed by atoms with Crippen LogP contribution in [0, 0.1) is 5.41 Å². The van der Waals surface area contributed by atoms with Crippen LogP contribution in [0.2, 0.25) is 0 Å². The van der Waals surface area contributed by atoms with Gasteiger partial charge in [0.25, 0.3) is 5.91 Å². The Morgan fingerprint density at radius 3 is 3.14 bits per heavy atom. The van der Waals surface area contributed by atoms with E-state index < -0.39 is 0 Å². The Kier molecular flexibility index (Phi) is 1.54. The molecule has 1 fully saturated rings. The Hall–Kier alpha value is -1.20. The molecule has 14 heavy (non-hydrogen) atoms. The van der Waals surface area contributed by atoms with Gasteiger partial charge in [0.2, 0.25) is 0 Å². The van der Waals surface area contributed by atoms with Gasteiger partial charge in [-0.05, 0) is 6.08 Å². The molecule has 0 saturated carbocycles. The molecule has 3 aliphatic heterocycles. The van der Waals surface area contributed by atoms with E-state index in [1.807, 2.05) is 11.1 Å². The maximum atomic E-state index is 11.5. The van der Waals surface area contributed by atoms with Crippen molar-refractivity contribution in [3.63, 3.8) is 0 Å². The quantitative estimate of drug-likeness (QED) is 0.553. The molecule has 5 heteroatoms. The second-order valence-electron chi connectivity index (χ2n) is 3.96. The topological polar surface area (TPSA) is 53.9 Å². The van der Waals surface area contributed by atoms with E-state index >= 15 is 0 Å². The fraction of sp³-hybridized carbons (Fsp3) is 0.556. The Morgan fingerprint density at radius 1 is 1.57 bits per heavy atom. The molecule has 1 saturated heterocycles. The number of nitrogens with zero attached hydrogens (tertiary/aromatic N) is 2. The number of hydrazine groups is 1. The second-order valence-corrected chi connectivity index (χ2v) is 3.96. The first-order valence-corrected chi connectivity index (χ1v) is 4.68. The van der Waals surface area contributed by atoms with E-state index in [0.717, 1.165) is 6.54 Å². The molecule has 1 amide bonds. The molecule has 0 radical (unpaired) electrons. The van der Waals surface area contributed by atoms with Gasteiger partial charge in [0.15, 0.2) is 0 Å². The highest BCUT2D eigenvalue weighted by molar-refractivity contribution is 6.00. The lowest BCUT2D eigenvalue weighted by molar-refractivity contribution is -0.116. The highest BCUT2D eigenvalue weighted by Gasteiger charge is 2.42. The molecular formula is C9H11N3O2. The highest BCUT2D eigenvalue weighted by atomic mass is 16.5. The number of hydrogen-bond donors (Lipinski definition) is 1. The standard InChI is InChI=1S/C9H11N3O2/c13-8-7-1-2-11-12(7)4-9(3-10-8)5-14-6-9/h1,3,11H,2,4-6H2. The Labute approximate surface area is 81.4 Å². The third kappa shape index (κ3) is 1.03. The largest absolute Gasteiger partial charge is 0.379 e. The summed E-state index contributed by atoms with van der Waals surface area (Å²) in [6.07, 6.45) is 3.62. The fourth-order valence-corrected chi connectivity index (χ4v) is 1.94. The monoisotopic (exact) mass is 193 g/mol. The van der Waals surface area contributed by atoms with Gasteiger partial charge in [0.05, 0.1) is 18.6 Å². The van der Waals surface area contributed by atoms with E-state index in [1.54, 1.807) is 6.21 Å². The molecule has 3 rings (SSSR count). The molecule has 0 aromatic rings. The maximum Gasteiger partial charge on any atom is 0.294 e. The number of carbonyl (C=O) groups excluding carboxylic acids is 1. The van der Waals surface area contributed by atoms with Crippen molar-refractivity contribution in [1.82, 2.24) is 10.4 Å². The smallest absolute Gasteiger partial charge is 0.294 e. The molecule has 5 nitrogen and oxygen atoms in total. The van der Waals surface area contributed by atoms with E-state index in [0.29, 0.717) is 25.5 Å². The van der Waals surface area contributed by atoms with Crippen LogP contribution in [-0.4, -0.2) is 43.4 Å². The van der Waals surface area contributed by atoms with Crippen molar-refractivity contribution in [2.75, 3.05) is 26.3 Å². The van der Waals surface area contributed by atoms with Crippen molar-refractivity contribution in [2.24, 2.45) is 10.4 Å². The summed E-state index contributed by atoms with van der Waals surface area (Å²) in [4.78, 5) is 15.5. The van der Waals surface area contributed by atoms with E-state index in [9.17, 15) is 4.79 Å². The van der Waals surface area contributed by atoms with Crippen LogP contribution in [0.5, 0.6) is 0 Å². The first-order chi connectivity index (χ1) is 6.79. The summed E-state index contributed by atoms with van der Waals surface area (Å²) in [5, 5.41) is 1.89. The van der Waals surface area contributed by atoms with Crippen LogP contribution in [0.1, 0.15) is 0 Å². The number of nitrogens with one attached hydrogen (secondary N) is 1. The van der Waals surface area contributed by atoms with Crippen LogP contribution in [0.3, 0.4) is 0 Å². The van der Waals surface area contributed by atoms with Gasteiger partial charge in [-0.2, -0.15) is 0 Å². The summed E-state index contributed by atoms with van der Waals surface area (Å²) in [5.41, 5.74) is 3.76. The van der Waals surface area contributed by atoms with Crippen molar-refractivity contribution in [2.45, 2.75) is 0 Å². The van der Waals surface area contributed by atoms with Gasteiger partial charge in [-0.25, -0.2) is 10.4 Å². The van der Waals surface area contributed by atoms with Crippen LogP contribution in [0.25, 0.3) is 0 Å². The minimum absolute atomic E-state index is 0.0530. The van der Waals surface area contributed by atoms with E-state index in [1.165, 1.54) is 0 Å². The first kappa shape index (κ1) is 8.14. The van der Waals surface area contributed by atoms with Crippen LogP contribution in [0.15, 0.2) is 16.8 Å². The number of carbonyl (C=O) groups is 1. The van der Waals surface area contributed by atoms with Crippen molar-refractivity contribution >= 4 is 12.1 Å². The van der Waals surface area contributed by atoms with Gasteiger partial charge in [-0.3, -0.25) is 4.79 Å². The van der Waals surface area contributed by atoms with Crippen molar-refractivity contribution < 1.29 is 9.53 Å². The van der Waals surface area contributed by atoms with Crippen LogP contribution < -0.4 is 5.43 Å². The van der Waals surface area contributed by atoms with Gasteiger partial charge in [-0.15, -0.1) is 0 Å². The molecule has 1 spiro atoms. The SMILES string of the molecule is O=C1N=CC2(COC2)CN2NCC=C12. The predicted molar refractivity (Wildman–Crippen MR) is 49.5 cm³/mol. The average molecular weight is 193 g/mol. The number of ether oxygens (including phenoxy) is 1. The summed E-state index contributed by atoms with van der Waals surface area (Å²) < 4.78 is 5.18. The van der Waals surface area contributed by atoms with Gasteiger partial charge in [0.1, 0.15) is 5.70 Å². The number of aliphatic imine (C=N–C) groups is 1. The third-order valence-corrected chi connectivity index (χ3v) is 2.80. The molecule has 1 N–H and O–H groups in total. The number of amides is 1. The van der Waals surface area contributed by atoms with Crippen LogP contribution in [0.4, 0.5) is 0 Å². The summed E-state index contributed by atoms with van der Waals surface area (Å²) in [7, 11) is 0. The number of fused-ring (bicyclic) bond motifs is 1. The normalized spacial score (nSPS) is 28.4. The van der Waals surface area contributed by atoms with E-state index in [4.69, 9.17) is 4.74 Å². The second kappa shape index (κ2) is 2.65. The predicted octanol–water partition coefficient (Wildman–Crippen LogP) is -0.682. The number of hydrogen-bond acceptors (Lipinski definition) is 4. The summed E-state index contributed by atoms with van der Waals surface area (Å²) >= 11 is 0. The number of rotatable bonds is 0. The Bertz CT molecular complexity index is 344. The Morgan fingerprint density at radius 2 is 2.43 bits per heavy atom. The highest BCUT2D eigenvalue weighted by Crippen LogP contribution is 2.30. The average Bonchev–Trinajstić information content (AvgIpc) is 2.51. The lowest BCUT2D eigenvalue weighted by Crippen LogP contribution is -2.52.